The van der Waals surface area contributed by atoms with E-state index in [9.17, 15) is 9.59 Å². The minimum absolute atomic E-state index is 0.0878. The van der Waals surface area contributed by atoms with Gasteiger partial charge in [0.05, 0.1) is 18.0 Å². The van der Waals surface area contributed by atoms with Gasteiger partial charge >= 0.3 is 0 Å². The zero-order chi connectivity index (χ0) is 24.5. The minimum atomic E-state index is -0.511. The first-order valence-corrected chi connectivity index (χ1v) is 12.6. The van der Waals surface area contributed by atoms with Gasteiger partial charge in [-0.3, -0.25) is 14.5 Å². The Bertz CT molecular complexity index is 1150. The van der Waals surface area contributed by atoms with Crippen molar-refractivity contribution in [2.24, 2.45) is 4.99 Å². The molecule has 0 aliphatic carbocycles. The van der Waals surface area contributed by atoms with E-state index < -0.39 is 5.25 Å². The highest BCUT2D eigenvalue weighted by Crippen LogP contribution is 2.30. The number of nitrogens with zero attached hydrogens (tertiary/aromatic N) is 2. The standard InChI is InChI=1S/C28H29N3O3S/c1-34-24-14-12-23(13-15-24)30-28-31(19-17-22-10-6-3-7-11-22)26(32)20-25(35-28)27(33)29-18-16-21-8-4-2-5-9-21/h2-15,25H,16-20H2,1H3,(H,29,33). The number of nitrogens with one attached hydrogen (secondary N) is 1. The van der Waals surface area contributed by atoms with Gasteiger partial charge in [-0.05, 0) is 48.2 Å². The van der Waals surface area contributed by atoms with E-state index in [0.717, 1.165) is 23.3 Å². The van der Waals surface area contributed by atoms with E-state index in [1.807, 2.05) is 84.9 Å². The Balaban J connectivity index is 1.46. The summed E-state index contributed by atoms with van der Waals surface area (Å²) in [5, 5.41) is 3.03. The van der Waals surface area contributed by atoms with E-state index in [1.165, 1.54) is 11.8 Å². The van der Waals surface area contributed by atoms with Gasteiger partial charge < -0.3 is 10.1 Å². The number of amidine groups is 1. The third kappa shape index (κ3) is 6.96. The molecule has 0 spiro atoms. The van der Waals surface area contributed by atoms with E-state index in [1.54, 1.807) is 12.0 Å². The smallest absolute Gasteiger partial charge is 0.234 e. The fourth-order valence-corrected chi connectivity index (χ4v) is 4.95. The number of thioether (sulfide) groups is 1. The lowest BCUT2D eigenvalue weighted by Crippen LogP contribution is -2.47. The molecule has 0 aromatic heterocycles. The van der Waals surface area contributed by atoms with Gasteiger partial charge in [0.25, 0.3) is 0 Å². The fraction of sp³-hybridized carbons (Fsp3) is 0.250. The molecular formula is C28H29N3O3S. The summed E-state index contributed by atoms with van der Waals surface area (Å²) >= 11 is 1.35. The molecule has 4 rings (SSSR count). The zero-order valence-electron chi connectivity index (χ0n) is 19.7. The van der Waals surface area contributed by atoms with Crippen LogP contribution in [0.2, 0.25) is 0 Å². The number of carbonyl (C=O) groups excluding carboxylic acids is 2. The third-order valence-corrected chi connectivity index (χ3v) is 6.94. The highest BCUT2D eigenvalue weighted by Gasteiger charge is 2.35. The summed E-state index contributed by atoms with van der Waals surface area (Å²) in [4.78, 5) is 32.5. The molecule has 0 radical (unpaired) electrons. The molecule has 1 heterocycles. The van der Waals surface area contributed by atoms with E-state index in [2.05, 4.69) is 5.32 Å². The molecule has 2 amide bonds. The molecule has 0 saturated carbocycles. The predicted molar refractivity (Wildman–Crippen MR) is 141 cm³/mol. The van der Waals surface area contributed by atoms with Crippen LogP contribution in [0.1, 0.15) is 17.5 Å². The summed E-state index contributed by atoms with van der Waals surface area (Å²) in [6.07, 6.45) is 1.61. The maximum absolute atomic E-state index is 13.2. The van der Waals surface area contributed by atoms with Crippen molar-refractivity contribution < 1.29 is 14.3 Å². The van der Waals surface area contributed by atoms with Crippen molar-refractivity contribution in [1.29, 1.82) is 0 Å². The van der Waals surface area contributed by atoms with Gasteiger partial charge in [-0.25, -0.2) is 4.99 Å². The van der Waals surface area contributed by atoms with E-state index in [-0.39, 0.29) is 18.2 Å². The highest BCUT2D eigenvalue weighted by molar-refractivity contribution is 8.15. The molecule has 1 fully saturated rings. The summed E-state index contributed by atoms with van der Waals surface area (Å²) in [5.41, 5.74) is 3.01. The van der Waals surface area contributed by atoms with E-state index in [4.69, 9.17) is 9.73 Å². The topological polar surface area (TPSA) is 71.0 Å². The van der Waals surface area contributed by atoms with Crippen LogP contribution >= 0.6 is 11.8 Å². The molecule has 1 unspecified atom stereocenters. The maximum atomic E-state index is 13.2. The van der Waals surface area contributed by atoms with Crippen LogP contribution in [-0.2, 0) is 22.4 Å². The summed E-state index contributed by atoms with van der Waals surface area (Å²) in [6, 6.07) is 27.4. The van der Waals surface area contributed by atoms with Crippen LogP contribution in [0.15, 0.2) is 89.9 Å². The highest BCUT2D eigenvalue weighted by atomic mass is 32.2. The van der Waals surface area contributed by atoms with E-state index >= 15 is 0 Å². The lowest BCUT2D eigenvalue weighted by molar-refractivity contribution is -0.130. The maximum Gasteiger partial charge on any atom is 0.234 e. The van der Waals surface area contributed by atoms with Gasteiger partial charge in [-0.15, -0.1) is 0 Å². The number of amides is 2. The first-order valence-electron chi connectivity index (χ1n) is 11.7. The van der Waals surface area contributed by atoms with Crippen LogP contribution in [-0.4, -0.2) is 47.3 Å². The second-order valence-electron chi connectivity index (χ2n) is 8.21. The Labute approximate surface area is 210 Å². The van der Waals surface area contributed by atoms with Gasteiger partial charge in [0, 0.05) is 19.5 Å². The first kappa shape index (κ1) is 24.5. The predicted octanol–water partition coefficient (Wildman–Crippen LogP) is 4.62. The summed E-state index contributed by atoms with van der Waals surface area (Å²) in [7, 11) is 1.61. The van der Waals surface area contributed by atoms with Gasteiger partial charge in [0.2, 0.25) is 11.8 Å². The number of rotatable bonds is 9. The van der Waals surface area contributed by atoms with Crippen LogP contribution in [0.5, 0.6) is 5.75 Å². The first-order chi connectivity index (χ1) is 17.1. The van der Waals surface area contributed by atoms with Gasteiger partial charge in [0.1, 0.15) is 5.75 Å². The lowest BCUT2D eigenvalue weighted by Gasteiger charge is -2.32. The molecule has 6 nitrogen and oxygen atoms in total. The molecule has 0 bridgehead atoms. The van der Waals surface area contributed by atoms with Crippen LogP contribution in [0.3, 0.4) is 0 Å². The van der Waals surface area contributed by atoms with Crippen molar-refractivity contribution in [3.63, 3.8) is 0 Å². The second-order valence-corrected chi connectivity index (χ2v) is 9.38. The summed E-state index contributed by atoms with van der Waals surface area (Å²) in [6.45, 7) is 1.03. The number of hydrogen-bond donors (Lipinski definition) is 1. The van der Waals surface area contributed by atoms with Crippen molar-refractivity contribution in [2.45, 2.75) is 24.5 Å². The summed E-state index contributed by atoms with van der Waals surface area (Å²) in [5.74, 6) is 0.512. The SMILES string of the molecule is COc1ccc(N=C2SC(C(=O)NCCc3ccccc3)CC(=O)N2CCc2ccccc2)cc1. The quantitative estimate of drug-likeness (QED) is 0.478. The molecule has 1 aliphatic heterocycles. The van der Waals surface area contributed by atoms with Gasteiger partial charge in [-0.1, -0.05) is 72.4 Å². The van der Waals surface area contributed by atoms with Crippen molar-refractivity contribution in [1.82, 2.24) is 10.2 Å². The molecule has 1 N–H and O–H groups in total. The van der Waals surface area contributed by atoms with Gasteiger partial charge in [-0.2, -0.15) is 0 Å². The minimum Gasteiger partial charge on any atom is -0.497 e. The Morgan fingerprint density at radius 2 is 1.60 bits per heavy atom. The number of carbonyl (C=O) groups is 2. The Morgan fingerprint density at radius 3 is 2.23 bits per heavy atom. The number of ether oxygens (including phenoxy) is 1. The number of hydrogen-bond acceptors (Lipinski definition) is 5. The average molecular weight is 488 g/mol. The Morgan fingerprint density at radius 1 is 0.971 bits per heavy atom. The molecule has 1 atom stereocenters. The largest absolute Gasteiger partial charge is 0.497 e. The van der Waals surface area contributed by atoms with Crippen LogP contribution in [0.4, 0.5) is 5.69 Å². The van der Waals surface area contributed by atoms with Crippen molar-refractivity contribution in [3.05, 3.63) is 96.1 Å². The number of benzene rings is 3. The van der Waals surface area contributed by atoms with Gasteiger partial charge in [0.15, 0.2) is 5.17 Å². The number of methoxy groups -OCH3 is 1. The average Bonchev–Trinajstić information content (AvgIpc) is 2.89. The number of aliphatic imine (C=N–C) groups is 1. The Hall–Kier alpha value is -3.58. The van der Waals surface area contributed by atoms with E-state index in [0.29, 0.717) is 30.4 Å². The van der Waals surface area contributed by atoms with Crippen molar-refractivity contribution in [2.75, 3.05) is 20.2 Å². The van der Waals surface area contributed by atoms with Crippen LogP contribution < -0.4 is 10.1 Å². The normalized spacial score (nSPS) is 16.8. The van der Waals surface area contributed by atoms with Crippen LogP contribution in [0.25, 0.3) is 0 Å². The van der Waals surface area contributed by atoms with Crippen LogP contribution in [0, 0.1) is 0 Å². The molecule has 35 heavy (non-hydrogen) atoms. The fourth-order valence-electron chi connectivity index (χ4n) is 3.80. The second kappa shape index (κ2) is 12.2. The summed E-state index contributed by atoms with van der Waals surface area (Å²) < 4.78 is 5.23. The monoisotopic (exact) mass is 487 g/mol. The molecule has 3 aromatic rings. The molecule has 180 valence electrons. The zero-order valence-corrected chi connectivity index (χ0v) is 20.5. The Kier molecular flexibility index (Phi) is 8.57. The lowest BCUT2D eigenvalue weighted by atomic mass is 10.1. The third-order valence-electron chi connectivity index (χ3n) is 5.75. The molecule has 1 aliphatic rings. The van der Waals surface area contributed by atoms with Crippen molar-refractivity contribution >= 4 is 34.4 Å². The molecular weight excluding hydrogens is 458 g/mol. The van der Waals surface area contributed by atoms with Crippen molar-refractivity contribution in [3.8, 4) is 5.75 Å². The molecule has 1 saturated heterocycles. The molecule has 7 heteroatoms. The molecule has 3 aromatic carbocycles.